The van der Waals surface area contributed by atoms with Gasteiger partial charge in [-0.05, 0) is 85.0 Å². The van der Waals surface area contributed by atoms with Gasteiger partial charge in [-0.15, -0.1) is 0 Å². The van der Waals surface area contributed by atoms with Gasteiger partial charge >= 0.3 is 12.1 Å². The summed E-state index contributed by atoms with van der Waals surface area (Å²) in [5, 5.41) is 0. The lowest BCUT2D eigenvalue weighted by Gasteiger charge is -2.40. The fourth-order valence-electron chi connectivity index (χ4n) is 5.77. The van der Waals surface area contributed by atoms with Crippen molar-refractivity contribution in [1.29, 1.82) is 0 Å². The molecule has 2 atom stereocenters. The zero-order valence-electron chi connectivity index (χ0n) is 23.3. The third kappa shape index (κ3) is 8.88. The minimum atomic E-state index is -0.496. The Morgan fingerprint density at radius 3 is 2.27 bits per heavy atom. The van der Waals surface area contributed by atoms with Gasteiger partial charge in [0.2, 0.25) is 11.8 Å². The molecule has 0 N–H and O–H groups in total. The third-order valence-electron chi connectivity index (χ3n) is 7.77. The van der Waals surface area contributed by atoms with E-state index in [0.717, 1.165) is 51.4 Å². The largest absolute Gasteiger partial charge is 0.466 e. The van der Waals surface area contributed by atoms with E-state index >= 15 is 0 Å². The fraction of sp³-hybridized carbons (Fsp3) is 0.857. The molecule has 3 rings (SSSR count). The van der Waals surface area contributed by atoms with Crippen molar-refractivity contribution < 1.29 is 28.7 Å². The molecule has 0 radical (unpaired) electrons. The van der Waals surface area contributed by atoms with E-state index in [1.807, 2.05) is 30.6 Å². The Labute approximate surface area is 222 Å². The highest BCUT2D eigenvalue weighted by molar-refractivity contribution is 5.82. The van der Waals surface area contributed by atoms with E-state index in [0.29, 0.717) is 51.7 Å². The van der Waals surface area contributed by atoms with E-state index in [2.05, 4.69) is 0 Å². The molecule has 3 fully saturated rings. The van der Waals surface area contributed by atoms with Crippen molar-refractivity contribution in [3.63, 3.8) is 0 Å². The van der Waals surface area contributed by atoms with Gasteiger partial charge < -0.3 is 24.2 Å². The van der Waals surface area contributed by atoms with Crippen LogP contribution in [0, 0.1) is 11.8 Å². The van der Waals surface area contributed by atoms with E-state index < -0.39 is 5.60 Å². The average Bonchev–Trinajstić information content (AvgIpc) is 2.86. The maximum atomic E-state index is 13.4. The molecule has 3 aliphatic rings. The first-order valence-electron chi connectivity index (χ1n) is 14.3. The summed E-state index contributed by atoms with van der Waals surface area (Å²) < 4.78 is 10.6. The molecule has 3 aliphatic heterocycles. The standard InChI is InChI=1S/C28H47N3O6/c1-5-36-25(33)19-23-10-6-7-16-31(23)26(34)22-9-8-15-30(20-22)24(32)12-11-21-13-17-29(18-14-21)27(35)37-28(2,3)4/h21-23H,5-20H2,1-4H3/t22-,23?/m1/s1. The Hall–Kier alpha value is -2.32. The van der Waals surface area contributed by atoms with Crippen LogP contribution in [-0.2, 0) is 23.9 Å². The van der Waals surface area contributed by atoms with Gasteiger partial charge in [-0.2, -0.15) is 0 Å². The minimum absolute atomic E-state index is 0.0843. The van der Waals surface area contributed by atoms with Gasteiger partial charge in [0, 0.05) is 45.2 Å². The Morgan fingerprint density at radius 1 is 0.865 bits per heavy atom. The van der Waals surface area contributed by atoms with Gasteiger partial charge in [-0.1, -0.05) is 0 Å². The van der Waals surface area contributed by atoms with E-state index in [4.69, 9.17) is 9.47 Å². The van der Waals surface area contributed by atoms with Gasteiger partial charge in [0.05, 0.1) is 18.9 Å². The second-order valence-electron chi connectivity index (χ2n) is 11.8. The number of likely N-dealkylation sites (tertiary alicyclic amines) is 3. The summed E-state index contributed by atoms with van der Waals surface area (Å²) in [6.45, 7) is 10.9. The van der Waals surface area contributed by atoms with Gasteiger partial charge in [0.1, 0.15) is 5.60 Å². The van der Waals surface area contributed by atoms with E-state index in [-0.39, 0.29) is 42.3 Å². The smallest absolute Gasteiger partial charge is 0.410 e. The number of nitrogens with zero attached hydrogens (tertiary/aromatic N) is 3. The van der Waals surface area contributed by atoms with Crippen molar-refractivity contribution in [3.05, 3.63) is 0 Å². The number of amides is 3. The Morgan fingerprint density at radius 2 is 1.59 bits per heavy atom. The molecule has 0 spiro atoms. The summed E-state index contributed by atoms with van der Waals surface area (Å²) in [5.41, 5.74) is -0.496. The van der Waals surface area contributed by atoms with Crippen LogP contribution < -0.4 is 0 Å². The van der Waals surface area contributed by atoms with Crippen LogP contribution >= 0.6 is 0 Å². The number of piperidine rings is 3. The first kappa shape index (κ1) is 29.2. The molecule has 1 unspecified atom stereocenters. The molecule has 0 bridgehead atoms. The van der Waals surface area contributed by atoms with Crippen LogP contribution in [0.5, 0.6) is 0 Å². The van der Waals surface area contributed by atoms with Gasteiger partial charge in [0.15, 0.2) is 0 Å². The number of carbonyl (C=O) groups excluding carboxylic acids is 4. The summed E-state index contributed by atoms with van der Waals surface area (Å²) in [4.78, 5) is 56.4. The van der Waals surface area contributed by atoms with Crippen molar-refractivity contribution >= 4 is 23.9 Å². The number of carbonyl (C=O) groups is 4. The number of rotatable bonds is 7. The summed E-state index contributed by atoms with van der Waals surface area (Å²) in [6, 6.07) is -0.0991. The monoisotopic (exact) mass is 521 g/mol. The quantitative estimate of drug-likeness (QED) is 0.470. The number of esters is 1. The highest BCUT2D eigenvalue weighted by Crippen LogP contribution is 2.28. The third-order valence-corrected chi connectivity index (χ3v) is 7.77. The maximum absolute atomic E-state index is 13.4. The van der Waals surface area contributed by atoms with Gasteiger partial charge in [-0.3, -0.25) is 14.4 Å². The predicted octanol–water partition coefficient (Wildman–Crippen LogP) is 3.99. The van der Waals surface area contributed by atoms with Crippen molar-refractivity contribution in [2.75, 3.05) is 39.3 Å². The summed E-state index contributed by atoms with van der Waals surface area (Å²) in [6.07, 6.45) is 7.44. The minimum Gasteiger partial charge on any atom is -0.466 e. The Balaban J connectivity index is 1.44. The predicted molar refractivity (Wildman–Crippen MR) is 140 cm³/mol. The molecule has 0 aromatic heterocycles. The molecule has 37 heavy (non-hydrogen) atoms. The van der Waals surface area contributed by atoms with Crippen molar-refractivity contribution in [3.8, 4) is 0 Å². The highest BCUT2D eigenvalue weighted by Gasteiger charge is 2.36. The average molecular weight is 522 g/mol. The van der Waals surface area contributed by atoms with Crippen molar-refractivity contribution in [2.24, 2.45) is 11.8 Å². The molecule has 9 nitrogen and oxygen atoms in total. The molecule has 9 heteroatoms. The lowest BCUT2D eigenvalue weighted by molar-refractivity contribution is -0.148. The summed E-state index contributed by atoms with van der Waals surface area (Å²) >= 11 is 0. The van der Waals surface area contributed by atoms with Crippen molar-refractivity contribution in [1.82, 2.24) is 14.7 Å². The number of hydrogen-bond donors (Lipinski definition) is 0. The Kier molecular flexibility index (Phi) is 10.6. The normalized spacial score (nSPS) is 23.5. The molecule has 0 aliphatic carbocycles. The molecule has 210 valence electrons. The van der Waals surface area contributed by atoms with Crippen LogP contribution in [0.15, 0.2) is 0 Å². The Bertz CT molecular complexity index is 802. The fourth-order valence-corrected chi connectivity index (χ4v) is 5.77. The summed E-state index contributed by atoms with van der Waals surface area (Å²) in [7, 11) is 0. The van der Waals surface area contributed by atoms with Crippen LogP contribution in [-0.4, -0.2) is 89.6 Å². The molecular weight excluding hydrogens is 474 g/mol. The lowest BCUT2D eigenvalue weighted by atomic mass is 9.90. The van der Waals surface area contributed by atoms with Crippen LogP contribution in [0.2, 0.25) is 0 Å². The van der Waals surface area contributed by atoms with Gasteiger partial charge in [-0.25, -0.2) is 4.79 Å². The summed E-state index contributed by atoms with van der Waals surface area (Å²) in [5.74, 6) is 0.179. The first-order valence-corrected chi connectivity index (χ1v) is 14.3. The van der Waals surface area contributed by atoms with Crippen LogP contribution in [0.1, 0.15) is 91.9 Å². The molecule has 3 heterocycles. The van der Waals surface area contributed by atoms with Gasteiger partial charge in [0.25, 0.3) is 0 Å². The van der Waals surface area contributed by atoms with E-state index in [9.17, 15) is 19.2 Å². The first-order chi connectivity index (χ1) is 17.6. The van der Waals surface area contributed by atoms with Crippen LogP contribution in [0.4, 0.5) is 4.79 Å². The number of ether oxygens (including phenoxy) is 2. The topological polar surface area (TPSA) is 96.5 Å². The second kappa shape index (κ2) is 13.5. The molecule has 0 saturated carbocycles. The second-order valence-corrected chi connectivity index (χ2v) is 11.8. The lowest BCUT2D eigenvalue weighted by Crippen LogP contribution is -2.51. The molecule has 0 aromatic rings. The van der Waals surface area contributed by atoms with Crippen LogP contribution in [0.25, 0.3) is 0 Å². The van der Waals surface area contributed by atoms with Crippen LogP contribution in [0.3, 0.4) is 0 Å². The van der Waals surface area contributed by atoms with Crippen molar-refractivity contribution in [2.45, 2.75) is 104 Å². The van der Waals surface area contributed by atoms with E-state index in [1.54, 1.807) is 11.8 Å². The SMILES string of the molecule is CCOC(=O)CC1CCCCN1C(=O)[C@@H]1CCCN(C(=O)CCC2CCN(C(=O)OC(C)(C)C)CC2)C1. The zero-order valence-corrected chi connectivity index (χ0v) is 23.3. The molecule has 3 amide bonds. The molecule has 0 aromatic carbocycles. The highest BCUT2D eigenvalue weighted by atomic mass is 16.6. The molecular formula is C28H47N3O6. The number of hydrogen-bond acceptors (Lipinski definition) is 6. The molecule has 3 saturated heterocycles. The maximum Gasteiger partial charge on any atom is 0.410 e. The van der Waals surface area contributed by atoms with E-state index in [1.165, 1.54) is 0 Å². The zero-order chi connectivity index (χ0) is 27.0.